The van der Waals surface area contributed by atoms with Gasteiger partial charge in [0.25, 0.3) is 0 Å². The number of carbonyl (C=O) groups excluding carboxylic acids is 3. The van der Waals surface area contributed by atoms with Crippen molar-refractivity contribution in [2.24, 2.45) is 4.99 Å². The topological polar surface area (TPSA) is 82.5 Å². The largest absolute Gasteiger partial charge is 0.461 e. The molecular weight excluding hydrogens is 396 g/mol. The number of esters is 1. The number of urea groups is 2. The van der Waals surface area contributed by atoms with E-state index >= 15 is 0 Å². The molecule has 0 aromatic heterocycles. The fourth-order valence-electron chi connectivity index (χ4n) is 3.44. The minimum Gasteiger partial charge on any atom is -0.461 e. The number of ether oxygens (including phenoxy) is 1. The van der Waals surface area contributed by atoms with Gasteiger partial charge in [-0.25, -0.2) is 24.3 Å². The number of imide groups is 1. The van der Waals surface area contributed by atoms with Gasteiger partial charge in [0.05, 0.1) is 26.2 Å². The van der Waals surface area contributed by atoms with E-state index in [2.05, 4.69) is 4.99 Å². The van der Waals surface area contributed by atoms with Crippen molar-refractivity contribution < 1.29 is 19.1 Å². The monoisotopic (exact) mass is 418 g/mol. The van der Waals surface area contributed by atoms with Crippen LogP contribution in [-0.4, -0.2) is 51.8 Å². The molecule has 2 aliphatic heterocycles. The fraction of sp³-hybridized carbons (Fsp3) is 0.217. The summed E-state index contributed by atoms with van der Waals surface area (Å²) in [4.78, 5) is 47.1. The second-order valence-electron chi connectivity index (χ2n) is 7.04. The Morgan fingerprint density at radius 1 is 0.903 bits per heavy atom. The maximum Gasteiger partial charge on any atom is 0.356 e. The number of fused-ring (bicyclic) bond motifs is 1. The van der Waals surface area contributed by atoms with Gasteiger partial charge < -0.3 is 4.74 Å². The van der Waals surface area contributed by atoms with Crippen LogP contribution < -0.4 is 0 Å². The molecule has 158 valence electrons. The van der Waals surface area contributed by atoms with Crippen molar-refractivity contribution in [1.29, 1.82) is 0 Å². The van der Waals surface area contributed by atoms with E-state index in [4.69, 9.17) is 4.74 Å². The highest BCUT2D eigenvalue weighted by Gasteiger charge is 2.43. The third kappa shape index (κ3) is 4.18. The van der Waals surface area contributed by atoms with Crippen LogP contribution >= 0.6 is 0 Å². The van der Waals surface area contributed by atoms with Crippen molar-refractivity contribution in [2.75, 3.05) is 13.2 Å². The zero-order valence-electron chi connectivity index (χ0n) is 17.1. The summed E-state index contributed by atoms with van der Waals surface area (Å²) in [5, 5.41) is 0. The summed E-state index contributed by atoms with van der Waals surface area (Å²) in [6.07, 6.45) is 1.54. The predicted molar refractivity (Wildman–Crippen MR) is 114 cm³/mol. The van der Waals surface area contributed by atoms with E-state index in [1.165, 1.54) is 20.8 Å². The number of guanidine groups is 1. The molecule has 4 rings (SSSR count). The van der Waals surface area contributed by atoms with Gasteiger partial charge in [-0.05, 0) is 24.1 Å². The van der Waals surface area contributed by atoms with Crippen LogP contribution in [0.2, 0.25) is 0 Å². The second kappa shape index (κ2) is 8.83. The first-order valence-electron chi connectivity index (χ1n) is 10.0. The highest BCUT2D eigenvalue weighted by atomic mass is 16.5. The first-order chi connectivity index (χ1) is 15.1. The maximum atomic E-state index is 13.4. The van der Waals surface area contributed by atoms with Crippen molar-refractivity contribution in [3.8, 4) is 0 Å². The van der Waals surface area contributed by atoms with Gasteiger partial charge in [-0.1, -0.05) is 60.7 Å². The summed E-state index contributed by atoms with van der Waals surface area (Å²) >= 11 is 0. The van der Waals surface area contributed by atoms with Gasteiger partial charge in [-0.3, -0.25) is 9.80 Å². The van der Waals surface area contributed by atoms with Crippen LogP contribution in [-0.2, 0) is 22.6 Å². The smallest absolute Gasteiger partial charge is 0.356 e. The molecule has 0 unspecified atom stereocenters. The molecule has 2 aliphatic rings. The average Bonchev–Trinajstić information content (AvgIpc) is 2.80. The summed E-state index contributed by atoms with van der Waals surface area (Å²) in [6.45, 7) is 2.39. The lowest BCUT2D eigenvalue weighted by Crippen LogP contribution is -2.64. The number of amides is 4. The Balaban J connectivity index is 1.69. The molecule has 31 heavy (non-hydrogen) atoms. The lowest BCUT2D eigenvalue weighted by atomic mass is 10.2. The first kappa shape index (κ1) is 20.3. The number of aliphatic imine (C=N–C) groups is 1. The molecule has 2 heterocycles. The summed E-state index contributed by atoms with van der Waals surface area (Å²) in [5.74, 6) is -0.449. The summed E-state index contributed by atoms with van der Waals surface area (Å²) in [7, 11) is 0. The first-order valence-corrected chi connectivity index (χ1v) is 10.0. The van der Waals surface area contributed by atoms with E-state index in [1.54, 1.807) is 6.92 Å². The number of carbonyl (C=O) groups is 3. The number of benzene rings is 2. The number of nitrogens with zero attached hydrogens (tertiary/aromatic N) is 4. The quantitative estimate of drug-likeness (QED) is 0.674. The minimum atomic E-state index is -0.582. The molecule has 2 aromatic carbocycles. The van der Waals surface area contributed by atoms with Crippen LogP contribution in [0.25, 0.3) is 0 Å². The van der Waals surface area contributed by atoms with Gasteiger partial charge in [-0.15, -0.1) is 0 Å². The van der Waals surface area contributed by atoms with Crippen LogP contribution in [0.15, 0.2) is 77.4 Å². The molecule has 0 bridgehead atoms. The van der Waals surface area contributed by atoms with Gasteiger partial charge in [0, 0.05) is 0 Å². The Morgan fingerprint density at radius 3 is 2.06 bits per heavy atom. The third-order valence-electron chi connectivity index (χ3n) is 4.95. The molecule has 0 aliphatic carbocycles. The number of hydrogen-bond donors (Lipinski definition) is 0. The van der Waals surface area contributed by atoms with Crippen LogP contribution in [0, 0.1) is 0 Å². The zero-order chi connectivity index (χ0) is 21.8. The Hall–Kier alpha value is -3.94. The van der Waals surface area contributed by atoms with E-state index in [1.807, 2.05) is 60.7 Å². The molecule has 1 fully saturated rings. The summed E-state index contributed by atoms with van der Waals surface area (Å²) in [5.41, 5.74) is 1.80. The molecule has 0 spiro atoms. The Bertz CT molecular complexity index is 1050. The van der Waals surface area contributed by atoms with Crippen molar-refractivity contribution in [3.05, 3.63) is 83.6 Å². The molecule has 2 aromatic rings. The summed E-state index contributed by atoms with van der Waals surface area (Å²) in [6, 6.07) is 17.8. The Morgan fingerprint density at radius 2 is 1.48 bits per heavy atom. The van der Waals surface area contributed by atoms with E-state index < -0.39 is 18.0 Å². The lowest BCUT2D eigenvalue weighted by Gasteiger charge is -2.42. The van der Waals surface area contributed by atoms with Crippen molar-refractivity contribution in [1.82, 2.24) is 14.7 Å². The highest BCUT2D eigenvalue weighted by Crippen LogP contribution is 2.24. The van der Waals surface area contributed by atoms with Crippen molar-refractivity contribution >= 4 is 24.0 Å². The SMILES string of the molecule is CCOC(=O)C1=CCN2C(=O)N(Cc3ccccc3)C(=O)N(Cc3ccccc3)C2=N1. The minimum absolute atomic E-state index is 0.0864. The van der Waals surface area contributed by atoms with Crippen molar-refractivity contribution in [3.63, 3.8) is 0 Å². The predicted octanol–water partition coefficient (Wildman–Crippen LogP) is 3.36. The van der Waals surface area contributed by atoms with Gasteiger partial charge in [0.1, 0.15) is 5.70 Å². The van der Waals surface area contributed by atoms with Crippen LogP contribution in [0.1, 0.15) is 18.1 Å². The molecule has 8 nitrogen and oxygen atoms in total. The molecule has 0 N–H and O–H groups in total. The average molecular weight is 418 g/mol. The second-order valence-corrected chi connectivity index (χ2v) is 7.04. The van der Waals surface area contributed by atoms with E-state index in [9.17, 15) is 14.4 Å². The standard InChI is InChI=1S/C23H22N4O4/c1-2-31-20(28)19-13-14-25-21(24-19)26(15-17-9-5-3-6-10-17)23(30)27(22(25)29)16-18-11-7-4-8-12-18/h3-13H,2,14-16H2,1H3. The summed E-state index contributed by atoms with van der Waals surface area (Å²) < 4.78 is 5.04. The fourth-order valence-corrected chi connectivity index (χ4v) is 3.44. The van der Waals surface area contributed by atoms with Gasteiger partial charge in [0.15, 0.2) is 0 Å². The van der Waals surface area contributed by atoms with E-state index in [-0.39, 0.29) is 37.9 Å². The molecule has 1 saturated heterocycles. The molecular formula is C23H22N4O4. The van der Waals surface area contributed by atoms with Crippen molar-refractivity contribution in [2.45, 2.75) is 20.0 Å². The molecule has 0 atom stereocenters. The van der Waals surface area contributed by atoms with Gasteiger partial charge >= 0.3 is 18.0 Å². The Kier molecular flexibility index (Phi) is 5.79. The van der Waals surface area contributed by atoms with Crippen LogP contribution in [0.5, 0.6) is 0 Å². The maximum absolute atomic E-state index is 13.4. The van der Waals surface area contributed by atoms with Crippen LogP contribution in [0.3, 0.4) is 0 Å². The molecule has 0 radical (unpaired) electrons. The van der Waals surface area contributed by atoms with Crippen LogP contribution in [0.4, 0.5) is 9.59 Å². The van der Waals surface area contributed by atoms with E-state index in [0.717, 1.165) is 11.1 Å². The van der Waals surface area contributed by atoms with Gasteiger partial charge in [-0.2, -0.15) is 0 Å². The van der Waals surface area contributed by atoms with E-state index in [0.29, 0.717) is 0 Å². The highest BCUT2D eigenvalue weighted by molar-refractivity contribution is 6.15. The molecule has 0 saturated carbocycles. The number of rotatable bonds is 6. The number of hydrogen-bond acceptors (Lipinski definition) is 5. The van der Waals surface area contributed by atoms with Gasteiger partial charge in [0.2, 0.25) is 5.96 Å². The molecule has 8 heteroatoms. The third-order valence-corrected chi connectivity index (χ3v) is 4.95. The lowest BCUT2D eigenvalue weighted by molar-refractivity contribution is -0.138. The molecule has 4 amide bonds. The Labute approximate surface area is 180 Å². The normalized spacial score (nSPS) is 16.0. The zero-order valence-corrected chi connectivity index (χ0v) is 17.1.